The lowest BCUT2D eigenvalue weighted by Crippen LogP contribution is -2.25. The van der Waals surface area contributed by atoms with E-state index in [1.165, 1.54) is 5.56 Å². The first-order valence-corrected chi connectivity index (χ1v) is 6.69. The Morgan fingerprint density at radius 1 is 1.17 bits per heavy atom. The molecule has 0 saturated carbocycles. The first-order chi connectivity index (χ1) is 8.74. The molecule has 3 nitrogen and oxygen atoms in total. The molecule has 0 atom stereocenters. The van der Waals surface area contributed by atoms with Crippen molar-refractivity contribution in [3.05, 3.63) is 29.8 Å². The molecule has 3 heteroatoms. The maximum atomic E-state index is 5.92. The highest BCUT2D eigenvalue weighted by Gasteiger charge is 2.14. The number of ether oxygens (including phenoxy) is 3. The number of hydrogen-bond acceptors (Lipinski definition) is 3. The van der Waals surface area contributed by atoms with Crippen molar-refractivity contribution >= 4 is 0 Å². The van der Waals surface area contributed by atoms with Crippen LogP contribution in [0.5, 0.6) is 5.75 Å². The van der Waals surface area contributed by atoms with Gasteiger partial charge in [-0.05, 0) is 31.5 Å². The van der Waals surface area contributed by atoms with Crippen molar-refractivity contribution in [2.75, 3.05) is 13.2 Å². The van der Waals surface area contributed by atoms with Gasteiger partial charge < -0.3 is 14.2 Å². The summed E-state index contributed by atoms with van der Waals surface area (Å²) in [5.41, 5.74) is 1.18. The number of hydrogen-bond donors (Lipinski definition) is 0. The molecule has 1 fully saturated rings. The van der Waals surface area contributed by atoms with Gasteiger partial charge >= 0.3 is 0 Å². The highest BCUT2D eigenvalue weighted by Crippen LogP contribution is 2.19. The van der Waals surface area contributed by atoms with Gasteiger partial charge in [-0.25, -0.2) is 0 Å². The Kier molecular flexibility index (Phi) is 5.02. The maximum Gasteiger partial charge on any atom is 0.119 e. The molecule has 0 bridgehead atoms. The van der Waals surface area contributed by atoms with Gasteiger partial charge in [-0.15, -0.1) is 0 Å². The first kappa shape index (κ1) is 13.4. The minimum absolute atomic E-state index is 0.267. The van der Waals surface area contributed by atoms with E-state index in [0.717, 1.165) is 31.8 Å². The molecule has 18 heavy (non-hydrogen) atoms. The molecule has 0 aliphatic carbocycles. The molecule has 0 aromatic heterocycles. The molecule has 2 rings (SSSR count). The van der Waals surface area contributed by atoms with E-state index in [-0.39, 0.29) is 6.10 Å². The van der Waals surface area contributed by atoms with Gasteiger partial charge in [-0.1, -0.05) is 12.1 Å². The summed E-state index contributed by atoms with van der Waals surface area (Å²) >= 11 is 0. The van der Waals surface area contributed by atoms with Crippen molar-refractivity contribution in [1.29, 1.82) is 0 Å². The van der Waals surface area contributed by atoms with Crippen LogP contribution in [0.4, 0.5) is 0 Å². The van der Waals surface area contributed by atoms with E-state index in [4.69, 9.17) is 14.2 Å². The Labute approximate surface area is 109 Å². The van der Waals surface area contributed by atoms with Crippen molar-refractivity contribution < 1.29 is 14.2 Å². The van der Waals surface area contributed by atoms with Gasteiger partial charge in [0.1, 0.15) is 11.9 Å². The second kappa shape index (κ2) is 6.76. The molecule has 100 valence electrons. The van der Waals surface area contributed by atoms with E-state index in [0.29, 0.717) is 12.7 Å². The molecule has 1 aliphatic rings. The Morgan fingerprint density at radius 2 is 1.83 bits per heavy atom. The lowest BCUT2D eigenvalue weighted by atomic mass is 10.1. The van der Waals surface area contributed by atoms with E-state index in [9.17, 15) is 0 Å². The third-order valence-corrected chi connectivity index (χ3v) is 2.98. The van der Waals surface area contributed by atoms with Crippen LogP contribution in [0.3, 0.4) is 0 Å². The molecule has 0 radical (unpaired) electrons. The highest BCUT2D eigenvalue weighted by atomic mass is 16.5. The van der Waals surface area contributed by atoms with Gasteiger partial charge in [0.25, 0.3) is 0 Å². The van der Waals surface area contributed by atoms with E-state index < -0.39 is 0 Å². The summed E-state index contributed by atoms with van der Waals surface area (Å²) in [6.45, 7) is 6.37. The molecule has 1 aromatic carbocycles. The molecule has 0 N–H and O–H groups in total. The zero-order valence-corrected chi connectivity index (χ0v) is 11.2. The van der Waals surface area contributed by atoms with Crippen LogP contribution in [0.25, 0.3) is 0 Å². The zero-order valence-electron chi connectivity index (χ0n) is 11.2. The lowest BCUT2D eigenvalue weighted by Gasteiger charge is -2.23. The van der Waals surface area contributed by atoms with Crippen LogP contribution < -0.4 is 4.74 Å². The Bertz CT molecular complexity index is 339. The molecule has 0 spiro atoms. The Balaban J connectivity index is 1.83. The predicted molar refractivity (Wildman–Crippen MR) is 70.8 cm³/mol. The van der Waals surface area contributed by atoms with Gasteiger partial charge in [0.05, 0.1) is 25.9 Å². The smallest absolute Gasteiger partial charge is 0.119 e. The minimum atomic E-state index is 0.267. The maximum absolute atomic E-state index is 5.92. The monoisotopic (exact) mass is 250 g/mol. The molecule has 1 heterocycles. The molecule has 1 aliphatic heterocycles. The highest BCUT2D eigenvalue weighted by molar-refractivity contribution is 5.27. The molecule has 1 aromatic rings. The van der Waals surface area contributed by atoms with Crippen LogP contribution in [0.2, 0.25) is 0 Å². The van der Waals surface area contributed by atoms with Crippen LogP contribution in [0.1, 0.15) is 32.3 Å². The average Bonchev–Trinajstić information content (AvgIpc) is 2.39. The summed E-state index contributed by atoms with van der Waals surface area (Å²) in [6, 6.07) is 8.18. The third kappa shape index (κ3) is 4.31. The van der Waals surface area contributed by atoms with E-state index in [1.807, 2.05) is 26.0 Å². The second-order valence-electron chi connectivity index (χ2n) is 4.93. The molecule has 0 unspecified atom stereocenters. The summed E-state index contributed by atoms with van der Waals surface area (Å²) in [7, 11) is 0. The fourth-order valence-electron chi connectivity index (χ4n) is 1.91. The molecular formula is C15H22O3. The van der Waals surface area contributed by atoms with Crippen molar-refractivity contribution in [3.8, 4) is 5.75 Å². The van der Waals surface area contributed by atoms with Crippen LogP contribution >= 0.6 is 0 Å². The quantitative estimate of drug-likeness (QED) is 0.803. The number of rotatable bonds is 5. The first-order valence-electron chi connectivity index (χ1n) is 6.69. The topological polar surface area (TPSA) is 27.7 Å². The van der Waals surface area contributed by atoms with E-state index in [2.05, 4.69) is 12.1 Å². The van der Waals surface area contributed by atoms with Crippen LogP contribution in [0.15, 0.2) is 24.3 Å². The van der Waals surface area contributed by atoms with E-state index >= 15 is 0 Å². The summed E-state index contributed by atoms with van der Waals surface area (Å²) < 4.78 is 16.8. The van der Waals surface area contributed by atoms with Crippen LogP contribution in [-0.2, 0) is 16.1 Å². The average molecular weight is 250 g/mol. The summed E-state index contributed by atoms with van der Waals surface area (Å²) in [5, 5.41) is 0. The summed E-state index contributed by atoms with van der Waals surface area (Å²) in [6.07, 6.45) is 2.54. The van der Waals surface area contributed by atoms with Crippen molar-refractivity contribution in [3.63, 3.8) is 0 Å². The van der Waals surface area contributed by atoms with Crippen molar-refractivity contribution in [2.45, 2.75) is 45.5 Å². The second-order valence-corrected chi connectivity index (χ2v) is 4.93. The van der Waals surface area contributed by atoms with Crippen LogP contribution in [0, 0.1) is 0 Å². The Morgan fingerprint density at radius 3 is 2.44 bits per heavy atom. The largest absolute Gasteiger partial charge is 0.490 e. The zero-order chi connectivity index (χ0) is 12.8. The molecule has 0 amide bonds. The SMILES string of the molecule is CC(C)OCc1ccc(OC2CCOCC2)cc1. The summed E-state index contributed by atoms with van der Waals surface area (Å²) in [5.74, 6) is 0.940. The van der Waals surface area contributed by atoms with Gasteiger partial charge in [-0.3, -0.25) is 0 Å². The minimum Gasteiger partial charge on any atom is -0.490 e. The standard InChI is InChI=1S/C15H22O3/c1-12(2)17-11-13-3-5-14(6-4-13)18-15-7-9-16-10-8-15/h3-6,12,15H,7-11H2,1-2H3. The lowest BCUT2D eigenvalue weighted by molar-refractivity contribution is 0.0255. The number of benzene rings is 1. The normalized spacial score (nSPS) is 17.1. The van der Waals surface area contributed by atoms with Gasteiger partial charge in [0.2, 0.25) is 0 Å². The third-order valence-electron chi connectivity index (χ3n) is 2.98. The summed E-state index contributed by atoms with van der Waals surface area (Å²) in [4.78, 5) is 0. The molecule has 1 saturated heterocycles. The van der Waals surface area contributed by atoms with Gasteiger partial charge in [0.15, 0.2) is 0 Å². The van der Waals surface area contributed by atoms with Crippen molar-refractivity contribution in [1.82, 2.24) is 0 Å². The van der Waals surface area contributed by atoms with E-state index in [1.54, 1.807) is 0 Å². The van der Waals surface area contributed by atoms with Gasteiger partial charge in [-0.2, -0.15) is 0 Å². The van der Waals surface area contributed by atoms with Crippen molar-refractivity contribution in [2.24, 2.45) is 0 Å². The molecular weight excluding hydrogens is 228 g/mol. The fraction of sp³-hybridized carbons (Fsp3) is 0.600. The Hall–Kier alpha value is -1.06. The van der Waals surface area contributed by atoms with Crippen LogP contribution in [-0.4, -0.2) is 25.4 Å². The van der Waals surface area contributed by atoms with Gasteiger partial charge in [0, 0.05) is 12.8 Å². The fourth-order valence-corrected chi connectivity index (χ4v) is 1.91. The predicted octanol–water partition coefficient (Wildman–Crippen LogP) is 3.17.